The second-order valence-electron chi connectivity index (χ2n) is 6.62. The van der Waals surface area contributed by atoms with Crippen molar-refractivity contribution in [1.29, 1.82) is 0 Å². The molecule has 6 nitrogen and oxygen atoms in total. The molecular formula is C22H22ClNO5. The molecule has 0 spiro atoms. The number of carbonyl (C=O) groups excluding carboxylic acids is 2. The van der Waals surface area contributed by atoms with Crippen molar-refractivity contribution in [3.8, 4) is 5.75 Å². The fourth-order valence-electron chi connectivity index (χ4n) is 3.42. The SMILES string of the molecule is COCCCN1C(=O)C(=O)C(=C(O)c2ccc(OC)cc2)C1c1cccc(Cl)c1. The van der Waals surface area contributed by atoms with Crippen molar-refractivity contribution < 1.29 is 24.2 Å². The van der Waals surface area contributed by atoms with Gasteiger partial charge in [-0.25, -0.2) is 0 Å². The molecule has 1 unspecified atom stereocenters. The predicted octanol–water partition coefficient (Wildman–Crippen LogP) is 3.81. The molecule has 1 N–H and O–H groups in total. The summed E-state index contributed by atoms with van der Waals surface area (Å²) in [6.45, 7) is 0.763. The smallest absolute Gasteiger partial charge is 0.295 e. The van der Waals surface area contributed by atoms with Crippen LogP contribution in [0.4, 0.5) is 0 Å². The number of hydrogen-bond donors (Lipinski definition) is 1. The van der Waals surface area contributed by atoms with Crippen molar-refractivity contribution in [2.45, 2.75) is 12.5 Å². The molecule has 2 aromatic carbocycles. The number of ether oxygens (including phenoxy) is 2. The molecule has 1 aliphatic rings. The van der Waals surface area contributed by atoms with E-state index in [0.29, 0.717) is 41.5 Å². The first-order valence-electron chi connectivity index (χ1n) is 9.15. The van der Waals surface area contributed by atoms with E-state index in [9.17, 15) is 14.7 Å². The van der Waals surface area contributed by atoms with Crippen LogP contribution in [-0.4, -0.2) is 49.1 Å². The van der Waals surface area contributed by atoms with Crippen molar-refractivity contribution in [2.24, 2.45) is 0 Å². The maximum absolute atomic E-state index is 12.9. The van der Waals surface area contributed by atoms with Gasteiger partial charge in [-0.1, -0.05) is 23.7 Å². The fourth-order valence-corrected chi connectivity index (χ4v) is 3.62. The van der Waals surface area contributed by atoms with Gasteiger partial charge in [-0.15, -0.1) is 0 Å². The third-order valence-electron chi connectivity index (χ3n) is 4.82. The minimum atomic E-state index is -0.729. The Morgan fingerprint density at radius 1 is 1.14 bits per heavy atom. The zero-order valence-corrected chi connectivity index (χ0v) is 17.0. The number of carbonyl (C=O) groups is 2. The molecule has 29 heavy (non-hydrogen) atoms. The lowest BCUT2D eigenvalue weighted by Gasteiger charge is -2.25. The molecule has 0 aliphatic carbocycles. The van der Waals surface area contributed by atoms with E-state index in [0.717, 1.165) is 0 Å². The number of halogens is 1. The lowest BCUT2D eigenvalue weighted by Crippen LogP contribution is -2.31. The van der Waals surface area contributed by atoms with Crippen molar-refractivity contribution in [3.63, 3.8) is 0 Å². The zero-order chi connectivity index (χ0) is 21.0. The highest BCUT2D eigenvalue weighted by Crippen LogP contribution is 2.40. The van der Waals surface area contributed by atoms with E-state index < -0.39 is 17.7 Å². The average Bonchev–Trinajstić information content (AvgIpc) is 2.98. The molecule has 1 amide bonds. The summed E-state index contributed by atoms with van der Waals surface area (Å²) in [6.07, 6.45) is 0.559. The number of aliphatic hydroxyl groups excluding tert-OH is 1. The van der Waals surface area contributed by atoms with Gasteiger partial charge in [0.2, 0.25) is 0 Å². The minimum absolute atomic E-state index is 0.0415. The highest BCUT2D eigenvalue weighted by molar-refractivity contribution is 6.46. The third kappa shape index (κ3) is 4.28. The molecule has 0 bridgehead atoms. The molecular weight excluding hydrogens is 394 g/mol. The summed E-state index contributed by atoms with van der Waals surface area (Å²) >= 11 is 6.15. The number of Topliss-reactive ketones (excluding diaryl/α,β-unsaturated/α-hetero) is 1. The number of methoxy groups -OCH3 is 2. The molecule has 1 saturated heterocycles. The van der Waals surface area contributed by atoms with Gasteiger partial charge in [-0.2, -0.15) is 0 Å². The Bertz CT molecular complexity index is 938. The Balaban J connectivity index is 2.10. The molecule has 1 heterocycles. The number of aliphatic hydroxyl groups is 1. The van der Waals surface area contributed by atoms with Crippen molar-refractivity contribution in [3.05, 3.63) is 70.3 Å². The van der Waals surface area contributed by atoms with Crippen LogP contribution in [0.15, 0.2) is 54.1 Å². The Morgan fingerprint density at radius 3 is 2.48 bits per heavy atom. The topological polar surface area (TPSA) is 76.1 Å². The maximum atomic E-state index is 12.9. The number of likely N-dealkylation sites (tertiary alicyclic amines) is 1. The van der Waals surface area contributed by atoms with E-state index in [2.05, 4.69) is 0 Å². The molecule has 0 radical (unpaired) electrons. The summed E-state index contributed by atoms with van der Waals surface area (Å²) in [5.74, 6) is -0.986. The third-order valence-corrected chi connectivity index (χ3v) is 5.05. The summed E-state index contributed by atoms with van der Waals surface area (Å²) in [5, 5.41) is 11.4. The Morgan fingerprint density at radius 2 is 1.86 bits per heavy atom. The fraction of sp³-hybridized carbons (Fsp3) is 0.273. The van der Waals surface area contributed by atoms with Crippen LogP contribution in [-0.2, 0) is 14.3 Å². The first-order chi connectivity index (χ1) is 14.0. The van der Waals surface area contributed by atoms with Gasteiger partial charge in [-0.3, -0.25) is 9.59 Å². The van der Waals surface area contributed by atoms with Crippen molar-refractivity contribution >= 4 is 29.1 Å². The Labute approximate surface area is 174 Å². The van der Waals surface area contributed by atoms with Gasteiger partial charge in [0, 0.05) is 30.8 Å². The number of hydrogen-bond acceptors (Lipinski definition) is 5. The largest absolute Gasteiger partial charge is 0.507 e. The molecule has 7 heteroatoms. The van der Waals surface area contributed by atoms with Gasteiger partial charge in [-0.05, 0) is 48.4 Å². The molecule has 2 aromatic rings. The van der Waals surface area contributed by atoms with E-state index in [1.165, 1.54) is 4.90 Å². The summed E-state index contributed by atoms with van der Waals surface area (Å²) in [5.41, 5.74) is 1.12. The van der Waals surface area contributed by atoms with Gasteiger partial charge in [0.15, 0.2) is 0 Å². The normalized spacial score (nSPS) is 18.3. The number of ketones is 1. The van der Waals surface area contributed by atoms with Crippen LogP contribution in [0.25, 0.3) is 5.76 Å². The summed E-state index contributed by atoms with van der Waals surface area (Å²) in [6, 6.07) is 12.9. The zero-order valence-electron chi connectivity index (χ0n) is 16.2. The monoisotopic (exact) mass is 415 g/mol. The van der Waals surface area contributed by atoms with Gasteiger partial charge < -0.3 is 19.5 Å². The van der Waals surface area contributed by atoms with Crippen LogP contribution in [0.3, 0.4) is 0 Å². The second-order valence-corrected chi connectivity index (χ2v) is 7.06. The van der Waals surface area contributed by atoms with Gasteiger partial charge in [0.25, 0.3) is 11.7 Å². The van der Waals surface area contributed by atoms with Crippen LogP contribution >= 0.6 is 11.6 Å². The summed E-state index contributed by atoms with van der Waals surface area (Å²) < 4.78 is 10.2. The van der Waals surface area contributed by atoms with E-state index in [1.54, 1.807) is 62.8 Å². The summed E-state index contributed by atoms with van der Waals surface area (Å²) in [4.78, 5) is 27.1. The van der Waals surface area contributed by atoms with E-state index in [4.69, 9.17) is 21.1 Å². The Kier molecular flexibility index (Phi) is 6.56. The van der Waals surface area contributed by atoms with Gasteiger partial charge >= 0.3 is 0 Å². The minimum Gasteiger partial charge on any atom is -0.507 e. The lowest BCUT2D eigenvalue weighted by atomic mass is 9.95. The molecule has 1 fully saturated rings. The molecule has 1 atom stereocenters. The van der Waals surface area contributed by atoms with Crippen LogP contribution in [0.2, 0.25) is 5.02 Å². The van der Waals surface area contributed by atoms with Gasteiger partial charge in [0.05, 0.1) is 18.7 Å². The maximum Gasteiger partial charge on any atom is 0.295 e. The van der Waals surface area contributed by atoms with Crippen molar-refractivity contribution in [2.75, 3.05) is 27.4 Å². The van der Waals surface area contributed by atoms with E-state index >= 15 is 0 Å². The van der Waals surface area contributed by atoms with Crippen molar-refractivity contribution in [1.82, 2.24) is 4.90 Å². The highest BCUT2D eigenvalue weighted by atomic mass is 35.5. The number of amides is 1. The van der Waals surface area contributed by atoms with Crippen LogP contribution in [0, 0.1) is 0 Å². The molecule has 152 valence electrons. The van der Waals surface area contributed by atoms with E-state index in [-0.39, 0.29) is 11.3 Å². The highest BCUT2D eigenvalue weighted by Gasteiger charge is 2.45. The van der Waals surface area contributed by atoms with E-state index in [1.807, 2.05) is 0 Å². The van der Waals surface area contributed by atoms with Crippen LogP contribution < -0.4 is 4.74 Å². The molecule has 0 saturated carbocycles. The number of benzene rings is 2. The lowest BCUT2D eigenvalue weighted by molar-refractivity contribution is -0.140. The second kappa shape index (κ2) is 9.11. The van der Waals surface area contributed by atoms with Crippen LogP contribution in [0.5, 0.6) is 5.75 Å². The summed E-state index contributed by atoms with van der Waals surface area (Å²) in [7, 11) is 3.12. The van der Waals surface area contributed by atoms with Gasteiger partial charge in [0.1, 0.15) is 11.5 Å². The standard InChI is InChI=1S/C22H22ClNO5/c1-28-12-4-11-24-19(15-5-3-6-16(23)13-15)18(21(26)22(24)27)20(25)14-7-9-17(29-2)10-8-14/h3,5-10,13,19,25H,4,11-12H2,1-2H3. The average molecular weight is 416 g/mol. The van der Waals surface area contributed by atoms with Crippen LogP contribution in [0.1, 0.15) is 23.6 Å². The quantitative estimate of drug-likeness (QED) is 0.322. The Hall–Kier alpha value is -2.83. The number of nitrogens with zero attached hydrogens (tertiary/aromatic N) is 1. The molecule has 0 aromatic heterocycles. The molecule has 1 aliphatic heterocycles. The predicted molar refractivity (Wildman–Crippen MR) is 110 cm³/mol. The first-order valence-corrected chi connectivity index (χ1v) is 9.53. The number of rotatable bonds is 7. The first kappa shape index (κ1) is 20.9. The molecule has 3 rings (SSSR count).